The van der Waals surface area contributed by atoms with Gasteiger partial charge in [0.25, 0.3) is 0 Å². The lowest BCUT2D eigenvalue weighted by atomic mass is 9.71. The van der Waals surface area contributed by atoms with Crippen molar-refractivity contribution in [3.05, 3.63) is 47.1 Å². The monoisotopic (exact) mass is 558 g/mol. The Morgan fingerprint density at radius 2 is 1.93 bits per heavy atom. The summed E-state index contributed by atoms with van der Waals surface area (Å²) in [5.41, 5.74) is 0.868. The molecule has 4 rings (SSSR count). The largest absolute Gasteiger partial charge is 0.462 e. The molecule has 7 nitrogen and oxygen atoms in total. The lowest BCUT2D eigenvalue weighted by molar-refractivity contribution is -0.335. The number of hydrogen-bond donors (Lipinski definition) is 2. The van der Waals surface area contributed by atoms with Gasteiger partial charge in [0.2, 0.25) is 0 Å². The van der Waals surface area contributed by atoms with E-state index in [0.717, 1.165) is 37.7 Å². The number of carbonyl (C=O) groups is 1. The van der Waals surface area contributed by atoms with E-state index in [0.29, 0.717) is 24.3 Å². The molecule has 0 amide bonds. The molecule has 40 heavy (non-hydrogen) atoms. The number of ether oxygens (including phenoxy) is 4. The molecule has 1 spiro atoms. The highest BCUT2D eigenvalue weighted by Crippen LogP contribution is 2.45. The molecule has 1 aliphatic carbocycles. The first-order valence-corrected chi connectivity index (χ1v) is 15.2. The normalized spacial score (nSPS) is 44.9. The van der Waals surface area contributed by atoms with Gasteiger partial charge in [-0.3, -0.25) is 4.79 Å². The highest BCUT2D eigenvalue weighted by Gasteiger charge is 2.51. The fourth-order valence-corrected chi connectivity index (χ4v) is 7.03. The van der Waals surface area contributed by atoms with Crippen LogP contribution in [0.15, 0.2) is 47.1 Å². The Balaban J connectivity index is 1.73. The van der Waals surface area contributed by atoms with Crippen LogP contribution in [0.25, 0.3) is 0 Å². The van der Waals surface area contributed by atoms with Gasteiger partial charge in [0.1, 0.15) is 17.6 Å². The molecule has 0 aromatic heterocycles. The molecular weight excluding hydrogens is 508 g/mol. The zero-order valence-corrected chi connectivity index (χ0v) is 25.2. The molecule has 7 heteroatoms. The van der Waals surface area contributed by atoms with Gasteiger partial charge in [-0.25, -0.2) is 0 Å². The molecule has 2 N–H and O–H groups in total. The minimum Gasteiger partial charge on any atom is -0.462 e. The van der Waals surface area contributed by atoms with E-state index >= 15 is 0 Å². The first-order valence-electron chi connectivity index (χ1n) is 15.2. The van der Waals surface area contributed by atoms with Crippen LogP contribution in [0.1, 0.15) is 86.0 Å². The zero-order chi connectivity index (χ0) is 29.1. The summed E-state index contributed by atoms with van der Waals surface area (Å²) >= 11 is 0. The van der Waals surface area contributed by atoms with E-state index in [-0.39, 0.29) is 37.3 Å². The summed E-state index contributed by atoms with van der Waals surface area (Å²) in [5, 5.41) is 22.4. The van der Waals surface area contributed by atoms with Gasteiger partial charge < -0.3 is 29.2 Å². The topological polar surface area (TPSA) is 94.5 Å². The molecule has 2 saturated heterocycles. The summed E-state index contributed by atoms with van der Waals surface area (Å²) in [6.07, 6.45) is 14.3. The van der Waals surface area contributed by atoms with Crippen molar-refractivity contribution in [1.82, 2.24) is 0 Å². The summed E-state index contributed by atoms with van der Waals surface area (Å²) in [4.78, 5) is 13.9. The van der Waals surface area contributed by atoms with E-state index in [1.54, 1.807) is 19.3 Å². The van der Waals surface area contributed by atoms with Gasteiger partial charge >= 0.3 is 5.97 Å². The second kappa shape index (κ2) is 13.0. The maximum Gasteiger partial charge on any atom is 0.316 e. The lowest BCUT2D eigenvalue weighted by Gasteiger charge is -2.50. The van der Waals surface area contributed by atoms with Crippen LogP contribution in [0, 0.1) is 17.8 Å². The van der Waals surface area contributed by atoms with E-state index < -0.39 is 29.4 Å². The number of esters is 1. The summed E-state index contributed by atoms with van der Waals surface area (Å²) in [6.45, 7) is 10.2. The fourth-order valence-electron chi connectivity index (χ4n) is 7.03. The predicted octanol–water partition coefficient (Wildman–Crippen LogP) is 5.56. The quantitative estimate of drug-likeness (QED) is 0.346. The first kappa shape index (κ1) is 31.2. The van der Waals surface area contributed by atoms with Crippen molar-refractivity contribution in [2.24, 2.45) is 17.8 Å². The number of fused-ring (bicyclic) bond motifs is 3. The van der Waals surface area contributed by atoms with Crippen molar-refractivity contribution in [3.63, 3.8) is 0 Å². The van der Waals surface area contributed by atoms with Gasteiger partial charge in [-0.2, -0.15) is 0 Å². The average Bonchev–Trinajstić information content (AvgIpc) is 2.91. The Morgan fingerprint density at radius 1 is 1.15 bits per heavy atom. The molecule has 224 valence electrons. The molecule has 0 radical (unpaired) electrons. The van der Waals surface area contributed by atoms with Crippen molar-refractivity contribution in [2.75, 3.05) is 13.7 Å². The number of rotatable bonds is 3. The van der Waals surface area contributed by atoms with Gasteiger partial charge in [-0.15, -0.1) is 0 Å². The minimum atomic E-state index is -1.64. The summed E-state index contributed by atoms with van der Waals surface area (Å²) in [7, 11) is 1.59. The van der Waals surface area contributed by atoms with Crippen molar-refractivity contribution in [1.29, 1.82) is 0 Å². The van der Waals surface area contributed by atoms with Crippen LogP contribution in [0.4, 0.5) is 0 Å². The third-order valence-electron chi connectivity index (χ3n) is 9.44. The second-order valence-corrected chi connectivity index (χ2v) is 12.7. The van der Waals surface area contributed by atoms with E-state index in [2.05, 4.69) is 39.8 Å². The van der Waals surface area contributed by atoms with Gasteiger partial charge in [0, 0.05) is 32.8 Å². The van der Waals surface area contributed by atoms with E-state index in [9.17, 15) is 15.0 Å². The molecule has 1 unspecified atom stereocenters. The maximum atomic E-state index is 13.9. The number of aliphatic hydroxyl groups excluding tert-OH is 1. The Labute approximate surface area is 240 Å². The molecule has 3 aliphatic heterocycles. The molecular formula is C33H50O7. The van der Waals surface area contributed by atoms with Crippen LogP contribution in [-0.2, 0) is 23.7 Å². The van der Waals surface area contributed by atoms with Crippen LogP contribution < -0.4 is 0 Å². The Bertz CT molecular complexity index is 1030. The molecule has 2 fully saturated rings. The van der Waals surface area contributed by atoms with Gasteiger partial charge in [0.15, 0.2) is 5.79 Å². The van der Waals surface area contributed by atoms with Gasteiger partial charge in [-0.05, 0) is 62.5 Å². The highest BCUT2D eigenvalue weighted by molar-refractivity contribution is 5.78. The lowest BCUT2D eigenvalue weighted by Crippen LogP contribution is -2.55. The van der Waals surface area contributed by atoms with Crippen molar-refractivity contribution in [3.8, 4) is 0 Å². The van der Waals surface area contributed by atoms with Gasteiger partial charge in [-0.1, -0.05) is 56.7 Å². The molecule has 0 aromatic rings. The van der Waals surface area contributed by atoms with Gasteiger partial charge in [0.05, 0.1) is 24.9 Å². The fraction of sp³-hybridized carbons (Fsp3) is 0.727. The number of aliphatic hydroxyl groups is 2. The summed E-state index contributed by atoms with van der Waals surface area (Å²) in [6, 6.07) is 0. The van der Waals surface area contributed by atoms with Crippen molar-refractivity contribution >= 4 is 5.97 Å². The predicted molar refractivity (Wildman–Crippen MR) is 154 cm³/mol. The van der Waals surface area contributed by atoms with E-state index in [1.165, 1.54) is 5.57 Å². The average molecular weight is 559 g/mol. The molecule has 2 bridgehead atoms. The van der Waals surface area contributed by atoms with Crippen LogP contribution >= 0.6 is 0 Å². The third kappa shape index (κ3) is 6.81. The maximum absolute atomic E-state index is 13.9. The first-order chi connectivity index (χ1) is 19.0. The zero-order valence-electron chi connectivity index (χ0n) is 25.2. The molecule has 0 aromatic carbocycles. The van der Waals surface area contributed by atoms with Crippen LogP contribution in [0.5, 0.6) is 0 Å². The smallest absolute Gasteiger partial charge is 0.316 e. The standard InChI is InChI=1S/C33H50O7/c1-7-29-23(4)13-14-32(40-29)18-27-17-26(39-32)12-11-22(3)15-21(2)9-8-10-25(20-34)33(36)19-30(37-6)24(5)16-28(33)31(35)38-27/h8-11,16,21,23,26-30,34,36H,7,12-15,17-20H2,1-6H3/b9-8+,22-11+,25-10-/t21?,23-,26-,27+,28+,29+,30-,32+,33+/m0/s1. The molecule has 3 heterocycles. The molecule has 4 aliphatic rings. The Kier molecular flexibility index (Phi) is 10.2. The Morgan fingerprint density at radius 3 is 2.62 bits per heavy atom. The van der Waals surface area contributed by atoms with Crippen LogP contribution in [0.3, 0.4) is 0 Å². The van der Waals surface area contributed by atoms with E-state index in [4.69, 9.17) is 18.9 Å². The van der Waals surface area contributed by atoms with E-state index in [1.807, 2.05) is 13.0 Å². The minimum absolute atomic E-state index is 0.101. The summed E-state index contributed by atoms with van der Waals surface area (Å²) in [5.74, 6) is -1.53. The van der Waals surface area contributed by atoms with Crippen molar-refractivity contribution < 1.29 is 34.0 Å². The van der Waals surface area contributed by atoms with Crippen LogP contribution in [-0.4, -0.2) is 65.7 Å². The highest BCUT2D eigenvalue weighted by atomic mass is 16.7. The SMILES string of the molecule is CC[C@H]1O[C@]2(CC[C@@H]1C)C[C@H]1C[C@H](C/C=C(\C)CC(C)/C=C/C=C(/CO)[C@]3(O)C[C@H](OC)C(C)=C[C@@H]3C(=O)O1)O2. The molecule has 9 atom stereocenters. The number of carbonyl (C=O) groups excluding carboxylic acids is 1. The number of methoxy groups -OCH3 is 1. The summed E-state index contributed by atoms with van der Waals surface area (Å²) < 4.78 is 25.2. The number of hydrogen-bond acceptors (Lipinski definition) is 7. The number of allylic oxidation sites excluding steroid dienone is 4. The second-order valence-electron chi connectivity index (χ2n) is 12.7. The third-order valence-corrected chi connectivity index (χ3v) is 9.44. The molecule has 0 saturated carbocycles. The Hall–Kier alpha value is -1.77. The van der Waals surface area contributed by atoms with Crippen LogP contribution in [0.2, 0.25) is 0 Å². The van der Waals surface area contributed by atoms with Crippen molar-refractivity contribution in [2.45, 2.75) is 122 Å².